The van der Waals surface area contributed by atoms with Gasteiger partial charge in [0.2, 0.25) is 0 Å². The number of benzene rings is 2. The van der Waals surface area contributed by atoms with Gasteiger partial charge in [0.15, 0.2) is 0 Å². The fourth-order valence-corrected chi connectivity index (χ4v) is 3.35. The summed E-state index contributed by atoms with van der Waals surface area (Å²) in [5, 5.41) is 13.5. The third-order valence-corrected chi connectivity index (χ3v) is 4.45. The van der Waals surface area contributed by atoms with Gasteiger partial charge < -0.3 is 5.11 Å². The van der Waals surface area contributed by atoms with Gasteiger partial charge in [0.05, 0.1) is 17.2 Å². The van der Waals surface area contributed by atoms with Crippen LogP contribution in [0.3, 0.4) is 0 Å². The first-order chi connectivity index (χ1) is 13.7. The molecule has 3 rings (SSSR count). The molecule has 0 saturated carbocycles. The molecular weight excluding hydrogens is 430 g/mol. The summed E-state index contributed by atoms with van der Waals surface area (Å²) in [6.45, 7) is 0. The largest absolute Gasteiger partial charge is 0.478 e. The number of carboxylic acid groups (broad SMARTS) is 1. The van der Waals surface area contributed by atoms with E-state index in [0.29, 0.717) is 0 Å². The first-order valence-electron chi connectivity index (χ1n) is 8.09. The summed E-state index contributed by atoms with van der Waals surface area (Å²) in [5.74, 6) is -3.25. The predicted octanol–water partition coefficient (Wildman–Crippen LogP) is 5.63. The Bertz CT molecular complexity index is 1050. The van der Waals surface area contributed by atoms with Crippen LogP contribution in [0.5, 0.6) is 0 Å². The van der Waals surface area contributed by atoms with E-state index in [4.69, 9.17) is 23.2 Å². The smallest absolute Gasteiger partial charge is 0.399 e. The van der Waals surface area contributed by atoms with Crippen LogP contribution in [0.4, 0.5) is 13.2 Å². The molecule has 0 spiro atoms. The number of rotatable bonds is 5. The quantitative estimate of drug-likeness (QED) is 0.556. The lowest BCUT2D eigenvalue weighted by atomic mass is 9.96. The van der Waals surface area contributed by atoms with Crippen molar-refractivity contribution < 1.29 is 23.1 Å². The second kappa shape index (κ2) is 8.26. The van der Waals surface area contributed by atoms with Crippen molar-refractivity contribution in [2.45, 2.75) is 12.1 Å². The van der Waals surface area contributed by atoms with Crippen molar-refractivity contribution in [2.24, 2.45) is 0 Å². The average molecular weight is 442 g/mol. The molecule has 0 radical (unpaired) electrons. The Morgan fingerprint density at radius 3 is 2.41 bits per heavy atom. The monoisotopic (exact) mass is 441 g/mol. The van der Waals surface area contributed by atoms with Crippen LogP contribution in [-0.4, -0.2) is 32.0 Å². The summed E-state index contributed by atoms with van der Waals surface area (Å²) in [6, 6.07) is 7.95. The van der Waals surface area contributed by atoms with Crippen molar-refractivity contribution in [1.29, 1.82) is 0 Å². The number of aromatic carboxylic acids is 1. The average Bonchev–Trinajstić information content (AvgIpc) is 3.13. The van der Waals surface area contributed by atoms with Crippen LogP contribution in [0.2, 0.25) is 10.0 Å². The van der Waals surface area contributed by atoms with E-state index in [1.54, 1.807) is 0 Å². The number of halogens is 5. The third-order valence-electron chi connectivity index (χ3n) is 4.01. The van der Waals surface area contributed by atoms with E-state index in [-0.39, 0.29) is 32.4 Å². The van der Waals surface area contributed by atoms with Gasteiger partial charge in [-0.25, -0.2) is 14.5 Å². The molecule has 0 bridgehead atoms. The molecule has 0 fully saturated rings. The first-order valence-corrected chi connectivity index (χ1v) is 8.84. The zero-order valence-electron chi connectivity index (χ0n) is 14.4. The lowest BCUT2D eigenvalue weighted by molar-refractivity contribution is -0.139. The van der Waals surface area contributed by atoms with Crippen molar-refractivity contribution in [3.05, 3.63) is 81.9 Å². The van der Waals surface area contributed by atoms with Gasteiger partial charge in [0, 0.05) is 15.6 Å². The molecule has 1 unspecified atom stereocenters. The van der Waals surface area contributed by atoms with E-state index in [1.807, 2.05) is 0 Å². The van der Waals surface area contributed by atoms with Crippen LogP contribution in [-0.2, 0) is 0 Å². The van der Waals surface area contributed by atoms with Crippen LogP contribution in [0.15, 0.2) is 55.1 Å². The molecule has 29 heavy (non-hydrogen) atoms. The fraction of sp³-hybridized carbons (Fsp3) is 0.105. The standard InChI is InChI=1S/C19H12Cl2F3N3O2/c20-13-6-12(7-14(21)8-13)16(19(22,23)24)5-4-11-2-1-3-15(18(28)29)17(11)27-10-25-9-26-27/h1-10,16H,(H,28,29)/b5-4+. The molecule has 0 amide bonds. The highest BCUT2D eigenvalue weighted by Gasteiger charge is 2.39. The van der Waals surface area contributed by atoms with E-state index in [1.165, 1.54) is 59.8 Å². The number of alkyl halides is 3. The van der Waals surface area contributed by atoms with Gasteiger partial charge in [0.25, 0.3) is 0 Å². The zero-order valence-corrected chi connectivity index (χ0v) is 15.9. The molecule has 150 valence electrons. The number of carbonyl (C=O) groups is 1. The minimum absolute atomic E-state index is 0.0753. The first kappa shape index (κ1) is 20.9. The number of carboxylic acids is 1. The number of aromatic nitrogens is 3. The molecule has 0 aliphatic rings. The summed E-state index contributed by atoms with van der Waals surface area (Å²) in [4.78, 5) is 15.3. The predicted molar refractivity (Wildman–Crippen MR) is 103 cm³/mol. The molecule has 1 N–H and O–H groups in total. The van der Waals surface area contributed by atoms with E-state index in [9.17, 15) is 23.1 Å². The minimum Gasteiger partial charge on any atom is -0.478 e. The molecule has 1 aromatic heterocycles. The Labute approximate surface area is 173 Å². The molecule has 1 atom stereocenters. The van der Waals surface area contributed by atoms with Gasteiger partial charge in [-0.05, 0) is 29.8 Å². The highest BCUT2D eigenvalue weighted by Crippen LogP contribution is 2.38. The van der Waals surface area contributed by atoms with Crippen LogP contribution in [0, 0.1) is 0 Å². The minimum atomic E-state index is -4.62. The van der Waals surface area contributed by atoms with Crippen molar-refractivity contribution in [3.8, 4) is 5.69 Å². The Balaban J connectivity index is 2.11. The van der Waals surface area contributed by atoms with Crippen LogP contribution in [0.1, 0.15) is 27.4 Å². The van der Waals surface area contributed by atoms with E-state index >= 15 is 0 Å². The fourth-order valence-electron chi connectivity index (χ4n) is 2.81. The Kier molecular flexibility index (Phi) is 5.95. The van der Waals surface area contributed by atoms with Gasteiger partial charge in [-0.15, -0.1) is 0 Å². The van der Waals surface area contributed by atoms with Crippen molar-refractivity contribution in [2.75, 3.05) is 0 Å². The van der Waals surface area contributed by atoms with Gasteiger partial charge in [-0.2, -0.15) is 18.3 Å². The summed E-state index contributed by atoms with van der Waals surface area (Å²) in [6.07, 6.45) is -0.0577. The van der Waals surface area contributed by atoms with Crippen molar-refractivity contribution in [1.82, 2.24) is 14.8 Å². The maximum absolute atomic E-state index is 13.7. The van der Waals surface area contributed by atoms with E-state index in [0.717, 1.165) is 6.08 Å². The molecule has 0 aliphatic carbocycles. The number of hydrogen-bond donors (Lipinski definition) is 1. The maximum atomic E-state index is 13.7. The topological polar surface area (TPSA) is 68.0 Å². The molecular formula is C19H12Cl2F3N3O2. The van der Waals surface area contributed by atoms with Crippen molar-refractivity contribution in [3.63, 3.8) is 0 Å². The Morgan fingerprint density at radius 2 is 1.86 bits per heavy atom. The lowest BCUT2D eigenvalue weighted by Gasteiger charge is -2.18. The number of allylic oxidation sites excluding steroid dienone is 1. The second-order valence-electron chi connectivity index (χ2n) is 5.97. The summed E-state index contributed by atoms with van der Waals surface area (Å²) >= 11 is 11.7. The van der Waals surface area contributed by atoms with Gasteiger partial charge >= 0.3 is 12.1 Å². The Hall–Kier alpha value is -2.84. The lowest BCUT2D eigenvalue weighted by Crippen LogP contribution is -2.19. The van der Waals surface area contributed by atoms with E-state index < -0.39 is 18.1 Å². The normalized spacial score (nSPS) is 13.0. The van der Waals surface area contributed by atoms with Gasteiger partial charge in [-0.1, -0.05) is 47.5 Å². The number of para-hydroxylation sites is 1. The summed E-state index contributed by atoms with van der Waals surface area (Å²) < 4.78 is 42.3. The molecule has 0 aliphatic heterocycles. The molecule has 3 aromatic rings. The summed E-state index contributed by atoms with van der Waals surface area (Å²) in [7, 11) is 0. The van der Waals surface area contributed by atoms with Crippen LogP contribution >= 0.6 is 23.2 Å². The molecule has 10 heteroatoms. The van der Waals surface area contributed by atoms with E-state index in [2.05, 4.69) is 10.1 Å². The molecule has 1 heterocycles. The number of nitrogens with zero attached hydrogens (tertiary/aromatic N) is 3. The SMILES string of the molecule is O=C(O)c1cccc(/C=C/C(c2cc(Cl)cc(Cl)c2)C(F)(F)F)c1-n1cncn1. The van der Waals surface area contributed by atoms with Gasteiger partial charge in [-0.3, -0.25) is 0 Å². The maximum Gasteiger partial charge on any atom is 0.399 e. The second-order valence-corrected chi connectivity index (χ2v) is 6.84. The van der Waals surface area contributed by atoms with Crippen LogP contribution in [0.25, 0.3) is 11.8 Å². The zero-order chi connectivity index (χ0) is 21.2. The number of hydrogen-bond acceptors (Lipinski definition) is 3. The van der Waals surface area contributed by atoms with Crippen molar-refractivity contribution >= 4 is 35.2 Å². The molecule has 0 saturated heterocycles. The van der Waals surface area contributed by atoms with Crippen LogP contribution < -0.4 is 0 Å². The third kappa shape index (κ3) is 4.78. The van der Waals surface area contributed by atoms with Gasteiger partial charge in [0.1, 0.15) is 12.7 Å². The summed E-state index contributed by atoms with van der Waals surface area (Å²) in [5.41, 5.74) is 0.0477. The molecule has 2 aromatic carbocycles. The Morgan fingerprint density at radius 1 is 1.17 bits per heavy atom. The highest BCUT2D eigenvalue weighted by molar-refractivity contribution is 6.34. The highest BCUT2D eigenvalue weighted by atomic mass is 35.5. The molecule has 5 nitrogen and oxygen atoms in total.